The van der Waals surface area contributed by atoms with Crippen molar-refractivity contribution in [1.82, 2.24) is 14.6 Å². The van der Waals surface area contributed by atoms with Gasteiger partial charge in [0.05, 0.1) is 30.4 Å². The maximum atomic E-state index is 12.9. The number of para-hydroxylation sites is 1. The highest BCUT2D eigenvalue weighted by atomic mass is 32.1. The van der Waals surface area contributed by atoms with Gasteiger partial charge in [0, 0.05) is 0 Å². The van der Waals surface area contributed by atoms with Crippen LogP contribution in [-0.2, 0) is 0 Å². The number of ether oxygens (including phenoxy) is 3. The normalized spacial score (nSPS) is 11.8. The molecule has 4 aromatic rings. The maximum Gasteiger partial charge on any atom is 0.291 e. The summed E-state index contributed by atoms with van der Waals surface area (Å²) in [5, 5.41) is 4.40. The van der Waals surface area contributed by atoms with Gasteiger partial charge in [0.15, 0.2) is 17.3 Å². The third kappa shape index (κ3) is 3.73. The lowest BCUT2D eigenvalue weighted by atomic mass is 10.2. The Kier molecular flexibility index (Phi) is 5.67. The van der Waals surface area contributed by atoms with E-state index in [1.165, 1.54) is 15.9 Å². The molecule has 0 unspecified atom stereocenters. The second-order valence-electron chi connectivity index (χ2n) is 6.32. The minimum Gasteiger partial charge on any atom is -0.496 e. The lowest BCUT2D eigenvalue weighted by Gasteiger charge is -2.11. The van der Waals surface area contributed by atoms with Gasteiger partial charge >= 0.3 is 0 Å². The summed E-state index contributed by atoms with van der Waals surface area (Å²) in [4.78, 5) is 17.9. The standard InChI is InChI=1S/C22H21N3O4S/c1-4-28-17-11-10-14(12-18(17)29-5-2)13-19-21(26)25-22(30-19)23-20(24-25)15-8-6-7-9-16(15)27-3/h6-13H,4-5H2,1-3H3. The van der Waals surface area contributed by atoms with Crippen LogP contribution in [0.5, 0.6) is 17.2 Å². The summed E-state index contributed by atoms with van der Waals surface area (Å²) in [6.45, 7) is 4.92. The van der Waals surface area contributed by atoms with E-state index in [1.807, 2.05) is 62.4 Å². The Balaban J connectivity index is 1.75. The van der Waals surface area contributed by atoms with Crippen molar-refractivity contribution in [1.29, 1.82) is 0 Å². The molecule has 2 aromatic heterocycles. The highest BCUT2D eigenvalue weighted by Crippen LogP contribution is 2.29. The molecule has 0 saturated carbocycles. The molecule has 8 heteroatoms. The summed E-state index contributed by atoms with van der Waals surface area (Å²) in [5.41, 5.74) is 1.37. The van der Waals surface area contributed by atoms with Gasteiger partial charge < -0.3 is 14.2 Å². The quantitative estimate of drug-likeness (QED) is 0.455. The number of fused-ring (bicyclic) bond motifs is 1. The summed E-state index contributed by atoms with van der Waals surface area (Å²) in [5.74, 6) is 2.45. The fourth-order valence-electron chi connectivity index (χ4n) is 3.09. The summed E-state index contributed by atoms with van der Waals surface area (Å²) in [7, 11) is 1.59. The Bertz CT molecular complexity index is 1300. The van der Waals surface area contributed by atoms with E-state index in [0.29, 0.717) is 45.8 Å². The van der Waals surface area contributed by atoms with Crippen molar-refractivity contribution in [3.05, 3.63) is 62.9 Å². The highest BCUT2D eigenvalue weighted by Gasteiger charge is 2.15. The van der Waals surface area contributed by atoms with Crippen LogP contribution >= 0.6 is 11.3 Å². The Morgan fingerprint density at radius 2 is 1.80 bits per heavy atom. The molecular weight excluding hydrogens is 402 g/mol. The zero-order valence-electron chi connectivity index (χ0n) is 16.9. The van der Waals surface area contributed by atoms with E-state index in [2.05, 4.69) is 10.1 Å². The highest BCUT2D eigenvalue weighted by molar-refractivity contribution is 7.15. The molecule has 4 rings (SSSR count). The van der Waals surface area contributed by atoms with E-state index in [4.69, 9.17) is 14.2 Å². The number of thiazole rings is 1. The molecule has 0 N–H and O–H groups in total. The van der Waals surface area contributed by atoms with Gasteiger partial charge in [-0.25, -0.2) is 0 Å². The van der Waals surface area contributed by atoms with Crippen molar-refractivity contribution < 1.29 is 14.2 Å². The molecule has 0 aliphatic rings. The number of hydrogen-bond acceptors (Lipinski definition) is 7. The molecule has 0 aliphatic heterocycles. The molecule has 0 amide bonds. The monoisotopic (exact) mass is 423 g/mol. The lowest BCUT2D eigenvalue weighted by molar-refractivity contribution is 0.287. The van der Waals surface area contributed by atoms with E-state index < -0.39 is 0 Å². The zero-order valence-corrected chi connectivity index (χ0v) is 17.7. The number of hydrogen-bond donors (Lipinski definition) is 0. The predicted molar refractivity (Wildman–Crippen MR) is 117 cm³/mol. The number of rotatable bonds is 7. The van der Waals surface area contributed by atoms with Gasteiger partial charge in [-0.1, -0.05) is 29.5 Å². The Hall–Kier alpha value is -3.39. The number of aromatic nitrogens is 3. The van der Waals surface area contributed by atoms with Crippen molar-refractivity contribution in [3.63, 3.8) is 0 Å². The summed E-state index contributed by atoms with van der Waals surface area (Å²) in [6, 6.07) is 13.1. The molecule has 0 bridgehead atoms. The molecule has 7 nitrogen and oxygen atoms in total. The van der Waals surface area contributed by atoms with Crippen LogP contribution in [0, 0.1) is 0 Å². The predicted octanol–water partition coefficient (Wildman–Crippen LogP) is 3.17. The van der Waals surface area contributed by atoms with Crippen LogP contribution in [0.15, 0.2) is 47.3 Å². The molecule has 0 saturated heterocycles. The molecule has 30 heavy (non-hydrogen) atoms. The minimum atomic E-state index is -0.213. The second kappa shape index (κ2) is 8.54. The van der Waals surface area contributed by atoms with E-state index in [0.717, 1.165) is 11.1 Å². The van der Waals surface area contributed by atoms with Crippen LogP contribution in [0.1, 0.15) is 19.4 Å². The van der Waals surface area contributed by atoms with Gasteiger partial charge in [-0.2, -0.15) is 9.50 Å². The van der Waals surface area contributed by atoms with E-state index in [1.54, 1.807) is 7.11 Å². The fourth-order valence-corrected chi connectivity index (χ4v) is 3.99. The largest absolute Gasteiger partial charge is 0.496 e. The van der Waals surface area contributed by atoms with Gasteiger partial charge in [0.25, 0.3) is 5.56 Å². The first-order valence-corrected chi connectivity index (χ1v) is 10.4. The molecule has 0 atom stereocenters. The molecule has 154 valence electrons. The number of methoxy groups -OCH3 is 1. The Morgan fingerprint density at radius 1 is 1.03 bits per heavy atom. The first-order valence-electron chi connectivity index (χ1n) is 9.59. The molecular formula is C22H21N3O4S. The Morgan fingerprint density at radius 3 is 2.53 bits per heavy atom. The third-order valence-electron chi connectivity index (χ3n) is 4.39. The van der Waals surface area contributed by atoms with Crippen LogP contribution in [0.4, 0.5) is 0 Å². The van der Waals surface area contributed by atoms with Crippen LogP contribution in [0.3, 0.4) is 0 Å². The van der Waals surface area contributed by atoms with Crippen LogP contribution in [0.2, 0.25) is 0 Å². The summed E-state index contributed by atoms with van der Waals surface area (Å²) in [6.07, 6.45) is 1.81. The van der Waals surface area contributed by atoms with Crippen molar-refractivity contribution in [2.75, 3.05) is 20.3 Å². The average Bonchev–Trinajstić information content (AvgIpc) is 3.29. The van der Waals surface area contributed by atoms with Crippen LogP contribution in [-0.4, -0.2) is 34.9 Å². The van der Waals surface area contributed by atoms with Gasteiger partial charge in [-0.15, -0.1) is 5.10 Å². The maximum absolute atomic E-state index is 12.9. The molecule has 0 aliphatic carbocycles. The first kappa shape index (κ1) is 19.9. The van der Waals surface area contributed by atoms with Gasteiger partial charge in [-0.05, 0) is 49.8 Å². The molecule has 0 radical (unpaired) electrons. The number of benzene rings is 2. The SMILES string of the molecule is CCOc1ccc(C=c2sc3nc(-c4ccccc4OC)nn3c2=O)cc1OCC. The Labute approximate surface area is 177 Å². The molecule has 0 spiro atoms. The van der Waals surface area contributed by atoms with E-state index in [9.17, 15) is 4.79 Å². The number of nitrogens with zero attached hydrogens (tertiary/aromatic N) is 3. The second-order valence-corrected chi connectivity index (χ2v) is 7.33. The first-order chi connectivity index (χ1) is 14.6. The minimum absolute atomic E-state index is 0.213. The van der Waals surface area contributed by atoms with E-state index >= 15 is 0 Å². The van der Waals surface area contributed by atoms with Crippen molar-refractivity contribution in [2.45, 2.75) is 13.8 Å². The summed E-state index contributed by atoms with van der Waals surface area (Å²) < 4.78 is 18.5. The fraction of sp³-hybridized carbons (Fsp3) is 0.227. The lowest BCUT2D eigenvalue weighted by Crippen LogP contribution is -2.23. The molecule has 0 fully saturated rings. The van der Waals surface area contributed by atoms with Gasteiger partial charge in [0.2, 0.25) is 4.96 Å². The smallest absolute Gasteiger partial charge is 0.291 e. The van der Waals surface area contributed by atoms with E-state index in [-0.39, 0.29) is 5.56 Å². The third-order valence-corrected chi connectivity index (χ3v) is 5.35. The van der Waals surface area contributed by atoms with Gasteiger partial charge in [-0.3, -0.25) is 4.79 Å². The van der Waals surface area contributed by atoms with Gasteiger partial charge in [0.1, 0.15) is 5.75 Å². The van der Waals surface area contributed by atoms with Crippen LogP contribution in [0.25, 0.3) is 22.4 Å². The van der Waals surface area contributed by atoms with Crippen molar-refractivity contribution >= 4 is 22.4 Å². The summed E-state index contributed by atoms with van der Waals surface area (Å²) >= 11 is 1.29. The van der Waals surface area contributed by atoms with Crippen LogP contribution < -0.4 is 24.3 Å². The molecule has 2 aromatic carbocycles. The zero-order chi connectivity index (χ0) is 21.1. The van der Waals surface area contributed by atoms with Crippen molar-refractivity contribution in [3.8, 4) is 28.6 Å². The van der Waals surface area contributed by atoms with Crippen molar-refractivity contribution in [2.24, 2.45) is 0 Å². The topological polar surface area (TPSA) is 75.0 Å². The molecule has 2 heterocycles. The average molecular weight is 423 g/mol.